The van der Waals surface area contributed by atoms with E-state index in [0.29, 0.717) is 0 Å². The molecule has 1 heterocycles. The number of aromatic nitrogens is 1. The molecule has 0 fully saturated rings. The summed E-state index contributed by atoms with van der Waals surface area (Å²) >= 11 is 5.96. The van der Waals surface area contributed by atoms with Crippen molar-refractivity contribution in [2.45, 2.75) is 6.43 Å². The summed E-state index contributed by atoms with van der Waals surface area (Å²) in [6.07, 6.45) is -2.55. The number of halogens is 4. The molecule has 0 aliphatic carbocycles. The summed E-state index contributed by atoms with van der Waals surface area (Å²) < 4.78 is 25.0. The highest BCUT2D eigenvalue weighted by Crippen LogP contribution is 2.33. The Morgan fingerprint density at radius 3 is 2.50 bits per heavy atom. The van der Waals surface area contributed by atoms with Crippen LogP contribution in [0.25, 0.3) is 0 Å². The fourth-order valence-corrected chi connectivity index (χ4v) is 1.51. The van der Waals surface area contributed by atoms with Crippen molar-refractivity contribution in [3.8, 4) is 0 Å². The highest BCUT2D eigenvalue weighted by molar-refractivity contribution is 9.13. The second-order valence-corrected chi connectivity index (χ2v) is 3.59. The highest BCUT2D eigenvalue weighted by atomic mass is 79.9. The van der Waals surface area contributed by atoms with Gasteiger partial charge in [-0.2, -0.15) is 0 Å². The quantitative estimate of drug-likeness (QED) is 0.810. The molecule has 0 spiro atoms. The minimum absolute atomic E-state index is 0.0698. The third-order valence-corrected chi connectivity index (χ3v) is 3.14. The van der Waals surface area contributed by atoms with Gasteiger partial charge in [0.05, 0.1) is 4.47 Å². The smallest absolute Gasteiger partial charge is 0.265 e. The van der Waals surface area contributed by atoms with E-state index in [9.17, 15) is 8.78 Å². The monoisotopic (exact) mass is 300 g/mol. The first-order valence-corrected chi connectivity index (χ1v) is 4.50. The Morgan fingerprint density at radius 2 is 2.00 bits per heavy atom. The van der Waals surface area contributed by atoms with Crippen molar-refractivity contribution in [1.29, 1.82) is 0 Å². The van der Waals surface area contributed by atoms with Crippen molar-refractivity contribution in [2.24, 2.45) is 0 Å². The molecule has 6 heteroatoms. The highest BCUT2D eigenvalue weighted by Gasteiger charge is 2.15. The van der Waals surface area contributed by atoms with Crippen molar-refractivity contribution in [3.05, 3.63) is 20.7 Å². The van der Waals surface area contributed by atoms with Gasteiger partial charge in [0, 0.05) is 5.56 Å². The van der Waals surface area contributed by atoms with Gasteiger partial charge < -0.3 is 5.73 Å². The number of nitrogen functional groups attached to an aromatic ring is 1. The first-order chi connectivity index (χ1) is 5.52. The summed E-state index contributed by atoms with van der Waals surface area (Å²) in [5.41, 5.74) is 5.11. The number of nitrogens with zero attached hydrogens (tertiary/aromatic N) is 1. The van der Waals surface area contributed by atoms with Gasteiger partial charge >= 0.3 is 0 Å². The zero-order valence-electron chi connectivity index (χ0n) is 5.69. The lowest BCUT2D eigenvalue weighted by Crippen LogP contribution is -1.96. The van der Waals surface area contributed by atoms with E-state index in [1.807, 2.05) is 0 Å². The van der Waals surface area contributed by atoms with Crippen LogP contribution in [0, 0.1) is 0 Å². The summed E-state index contributed by atoms with van der Waals surface area (Å²) in [5, 5.41) is 0. The van der Waals surface area contributed by atoms with Crippen molar-refractivity contribution in [3.63, 3.8) is 0 Å². The van der Waals surface area contributed by atoms with Crippen LogP contribution in [0.5, 0.6) is 0 Å². The van der Waals surface area contributed by atoms with Crippen LogP contribution < -0.4 is 5.73 Å². The van der Waals surface area contributed by atoms with E-state index >= 15 is 0 Å². The van der Waals surface area contributed by atoms with Crippen LogP contribution >= 0.6 is 31.9 Å². The lowest BCUT2D eigenvalue weighted by atomic mass is 10.3. The molecule has 0 unspecified atom stereocenters. The normalized spacial score (nSPS) is 10.8. The van der Waals surface area contributed by atoms with Crippen LogP contribution in [-0.2, 0) is 0 Å². The molecular formula is C6H4Br2F2N2. The maximum absolute atomic E-state index is 12.3. The summed E-state index contributed by atoms with van der Waals surface area (Å²) in [6, 6.07) is 1.14. The molecule has 0 atom stereocenters. The van der Waals surface area contributed by atoms with E-state index < -0.39 is 6.43 Å². The van der Waals surface area contributed by atoms with Crippen molar-refractivity contribution < 1.29 is 8.78 Å². The topological polar surface area (TPSA) is 38.9 Å². The first kappa shape index (κ1) is 9.85. The molecular weight excluding hydrogens is 298 g/mol. The Bertz CT molecular complexity index is 304. The third-order valence-electron chi connectivity index (χ3n) is 1.20. The van der Waals surface area contributed by atoms with E-state index in [-0.39, 0.29) is 20.5 Å². The second-order valence-electron chi connectivity index (χ2n) is 2.04. The molecule has 0 bridgehead atoms. The average molecular weight is 302 g/mol. The molecule has 1 aromatic rings. The minimum Gasteiger partial charge on any atom is -0.384 e. The molecule has 2 nitrogen and oxygen atoms in total. The van der Waals surface area contributed by atoms with E-state index in [2.05, 4.69) is 36.8 Å². The van der Waals surface area contributed by atoms with Crippen LogP contribution in [0.1, 0.15) is 12.0 Å². The molecule has 0 aliphatic heterocycles. The van der Waals surface area contributed by atoms with Crippen LogP contribution in [0.3, 0.4) is 0 Å². The van der Waals surface area contributed by atoms with Gasteiger partial charge in [-0.3, -0.25) is 0 Å². The van der Waals surface area contributed by atoms with E-state index in [1.54, 1.807) is 0 Å². The van der Waals surface area contributed by atoms with Crippen molar-refractivity contribution in [2.75, 3.05) is 5.73 Å². The van der Waals surface area contributed by atoms with E-state index in [1.165, 1.54) is 0 Å². The Labute approximate surface area is 84.4 Å². The summed E-state index contributed by atoms with van der Waals surface area (Å²) in [7, 11) is 0. The van der Waals surface area contributed by atoms with E-state index in [4.69, 9.17) is 5.73 Å². The predicted molar refractivity (Wildman–Crippen MR) is 49.0 cm³/mol. The van der Waals surface area contributed by atoms with Crippen LogP contribution in [0.15, 0.2) is 15.1 Å². The Hall–Kier alpha value is -0.230. The lowest BCUT2D eigenvalue weighted by Gasteiger charge is -2.05. The van der Waals surface area contributed by atoms with E-state index in [0.717, 1.165) is 6.07 Å². The van der Waals surface area contributed by atoms with Crippen LogP contribution in [0.2, 0.25) is 0 Å². The number of pyridine rings is 1. The molecule has 0 amide bonds. The summed E-state index contributed by atoms with van der Waals surface area (Å²) in [5.74, 6) is 0.0698. The number of hydrogen-bond acceptors (Lipinski definition) is 2. The minimum atomic E-state index is -2.55. The molecule has 1 aromatic heterocycles. The Balaban J connectivity index is 3.28. The van der Waals surface area contributed by atoms with Crippen LogP contribution in [-0.4, -0.2) is 4.98 Å². The van der Waals surface area contributed by atoms with Crippen molar-refractivity contribution in [1.82, 2.24) is 4.98 Å². The second kappa shape index (κ2) is 3.66. The molecule has 2 N–H and O–H groups in total. The maximum Gasteiger partial charge on any atom is 0.265 e. The number of alkyl halides is 2. The molecule has 0 aliphatic rings. The van der Waals surface area contributed by atoms with Gasteiger partial charge in [0.25, 0.3) is 6.43 Å². The van der Waals surface area contributed by atoms with Crippen LogP contribution in [0.4, 0.5) is 14.6 Å². The Morgan fingerprint density at radius 1 is 1.42 bits per heavy atom. The van der Waals surface area contributed by atoms with Crippen molar-refractivity contribution >= 4 is 37.7 Å². The standard InChI is InChI=1S/C6H4Br2F2N2/c7-4-2(6(9)10)1-3(11)12-5(4)8/h1,6H,(H2,11,12). The summed E-state index contributed by atoms with van der Waals surface area (Å²) in [4.78, 5) is 3.73. The van der Waals surface area contributed by atoms with Gasteiger partial charge in [-0.15, -0.1) is 0 Å². The fourth-order valence-electron chi connectivity index (χ4n) is 0.695. The molecule has 1 rings (SSSR count). The molecule has 0 saturated carbocycles. The number of hydrogen-bond donors (Lipinski definition) is 1. The fraction of sp³-hybridized carbons (Fsp3) is 0.167. The molecule has 0 radical (unpaired) electrons. The van der Waals surface area contributed by atoms with Gasteiger partial charge in [0.15, 0.2) is 0 Å². The zero-order chi connectivity index (χ0) is 9.30. The largest absolute Gasteiger partial charge is 0.384 e. The van der Waals surface area contributed by atoms with Gasteiger partial charge in [-0.1, -0.05) is 0 Å². The molecule has 0 saturated heterocycles. The van der Waals surface area contributed by atoms with Gasteiger partial charge in [-0.05, 0) is 37.9 Å². The number of anilines is 1. The van der Waals surface area contributed by atoms with Gasteiger partial charge in [-0.25, -0.2) is 13.8 Å². The molecule has 12 heavy (non-hydrogen) atoms. The SMILES string of the molecule is Nc1cc(C(F)F)c(Br)c(Br)n1. The maximum atomic E-state index is 12.3. The third kappa shape index (κ3) is 1.92. The average Bonchev–Trinajstić information content (AvgIpc) is 1.96. The van der Waals surface area contributed by atoms with Gasteiger partial charge in [0.2, 0.25) is 0 Å². The predicted octanol–water partition coefficient (Wildman–Crippen LogP) is 3.13. The Kier molecular flexibility index (Phi) is 3.00. The number of rotatable bonds is 1. The molecule has 0 aromatic carbocycles. The molecule has 66 valence electrons. The number of nitrogens with two attached hydrogens (primary N) is 1. The summed E-state index contributed by atoms with van der Waals surface area (Å²) in [6.45, 7) is 0. The lowest BCUT2D eigenvalue weighted by molar-refractivity contribution is 0.150. The first-order valence-electron chi connectivity index (χ1n) is 2.92. The zero-order valence-corrected chi connectivity index (χ0v) is 8.86. The van der Waals surface area contributed by atoms with Gasteiger partial charge in [0.1, 0.15) is 10.4 Å².